The van der Waals surface area contributed by atoms with Crippen LogP contribution in [0.25, 0.3) is 0 Å². The fraction of sp³-hybridized carbons (Fsp3) is 0.500. The molecule has 9 heteroatoms. The summed E-state index contributed by atoms with van der Waals surface area (Å²) in [4.78, 5) is 27.9. The van der Waals surface area contributed by atoms with Crippen LogP contribution in [0.2, 0.25) is 23.2 Å². The lowest BCUT2D eigenvalue weighted by Gasteiger charge is -2.40. The van der Waals surface area contributed by atoms with Gasteiger partial charge in [-0.25, -0.2) is 4.79 Å². The first kappa shape index (κ1) is 29.0. The summed E-state index contributed by atoms with van der Waals surface area (Å²) in [5, 5.41) is 6.68. The number of halogens is 1. The van der Waals surface area contributed by atoms with E-state index in [0.29, 0.717) is 36.8 Å². The molecule has 2 aromatic carbocycles. The van der Waals surface area contributed by atoms with Gasteiger partial charge >= 0.3 is 6.03 Å². The molecule has 2 unspecified atom stereocenters. The van der Waals surface area contributed by atoms with E-state index in [1.165, 1.54) is 0 Å². The Hall–Kier alpha value is -2.55. The summed E-state index contributed by atoms with van der Waals surface area (Å²) >= 11 is 5.96. The van der Waals surface area contributed by atoms with E-state index in [0.717, 1.165) is 17.7 Å². The molecule has 0 radical (unpaired) electrons. The van der Waals surface area contributed by atoms with Gasteiger partial charge in [0.05, 0.1) is 13.2 Å². The van der Waals surface area contributed by atoms with Crippen molar-refractivity contribution in [2.24, 2.45) is 0 Å². The summed E-state index contributed by atoms with van der Waals surface area (Å²) in [6, 6.07) is 14.3. The molecule has 2 N–H and O–H groups in total. The minimum atomic E-state index is -1.91. The van der Waals surface area contributed by atoms with Crippen LogP contribution in [0.4, 0.5) is 10.5 Å². The lowest BCUT2D eigenvalue weighted by Crippen LogP contribution is -2.54. The lowest BCUT2D eigenvalue weighted by molar-refractivity contribution is -0.133. The van der Waals surface area contributed by atoms with Gasteiger partial charge in [0.25, 0.3) is 0 Å². The molecule has 2 aromatic rings. The maximum Gasteiger partial charge on any atom is 0.319 e. The van der Waals surface area contributed by atoms with Crippen LogP contribution in [-0.4, -0.2) is 58.0 Å². The number of amides is 3. The van der Waals surface area contributed by atoms with Crippen LogP contribution in [0, 0.1) is 0 Å². The second-order valence-electron chi connectivity index (χ2n) is 11.1. The molecule has 3 amide bonds. The minimum Gasteiger partial charge on any atom is -0.497 e. The molecule has 3 rings (SSSR count). The maximum absolute atomic E-state index is 13.1. The van der Waals surface area contributed by atoms with Crippen molar-refractivity contribution >= 4 is 37.5 Å². The summed E-state index contributed by atoms with van der Waals surface area (Å²) in [6.07, 6.45) is 1.08. The second-order valence-corrected chi connectivity index (χ2v) is 16.3. The number of carbonyl (C=O) groups is 2. The van der Waals surface area contributed by atoms with Gasteiger partial charge < -0.3 is 24.7 Å². The number of ether oxygens (including phenoxy) is 1. The first-order valence-electron chi connectivity index (χ1n) is 12.8. The molecule has 1 fully saturated rings. The SMILES string of the molecule is COc1ccc(C2CCN(C(=O)CCO[Si](C)(C)C(C)(C)C)CC2NC(=O)Nc2ccc(Cl)cc2)cc1. The van der Waals surface area contributed by atoms with Gasteiger partial charge in [-0.1, -0.05) is 44.5 Å². The van der Waals surface area contributed by atoms with E-state index in [4.69, 9.17) is 20.8 Å². The van der Waals surface area contributed by atoms with Crippen molar-refractivity contribution < 1.29 is 18.8 Å². The molecule has 0 bridgehead atoms. The van der Waals surface area contributed by atoms with Gasteiger partial charge in [0.2, 0.25) is 5.91 Å². The van der Waals surface area contributed by atoms with E-state index < -0.39 is 8.32 Å². The van der Waals surface area contributed by atoms with Crippen molar-refractivity contribution in [3.8, 4) is 5.75 Å². The van der Waals surface area contributed by atoms with Crippen LogP contribution < -0.4 is 15.4 Å². The number of anilines is 1. The average molecular weight is 546 g/mol. The normalized spacial score (nSPS) is 18.3. The zero-order chi connectivity index (χ0) is 27.2. The summed E-state index contributed by atoms with van der Waals surface area (Å²) < 4.78 is 11.5. The van der Waals surface area contributed by atoms with Crippen LogP contribution in [-0.2, 0) is 9.22 Å². The van der Waals surface area contributed by atoms with Crippen LogP contribution in [0.3, 0.4) is 0 Å². The number of hydrogen-bond acceptors (Lipinski definition) is 4. The van der Waals surface area contributed by atoms with Crippen molar-refractivity contribution in [1.29, 1.82) is 0 Å². The number of rotatable bonds is 8. The number of benzene rings is 2. The monoisotopic (exact) mass is 545 g/mol. The van der Waals surface area contributed by atoms with E-state index in [1.54, 1.807) is 31.4 Å². The highest BCUT2D eigenvalue weighted by Gasteiger charge is 2.38. The third-order valence-electron chi connectivity index (χ3n) is 7.51. The Morgan fingerprint density at radius 1 is 1.08 bits per heavy atom. The Labute approximate surface area is 227 Å². The van der Waals surface area contributed by atoms with Gasteiger partial charge in [-0.2, -0.15) is 0 Å². The second kappa shape index (κ2) is 12.3. The molecule has 1 saturated heterocycles. The van der Waals surface area contributed by atoms with Gasteiger partial charge in [0, 0.05) is 42.7 Å². The standard InChI is InChI=1S/C28H40ClN3O4Si/c1-28(2,3)37(5,6)36-18-16-26(33)32-17-15-24(20-7-13-23(35-4)14-8-20)25(19-32)31-27(34)30-22-11-9-21(29)10-12-22/h7-14,24-25H,15-19H2,1-6H3,(H2,30,31,34). The average Bonchev–Trinajstić information content (AvgIpc) is 2.84. The third kappa shape index (κ3) is 7.96. The van der Waals surface area contributed by atoms with Gasteiger partial charge in [-0.15, -0.1) is 0 Å². The Morgan fingerprint density at radius 2 is 1.73 bits per heavy atom. The molecule has 1 heterocycles. The van der Waals surface area contributed by atoms with Crippen LogP contribution in [0.5, 0.6) is 5.75 Å². The Kier molecular flexibility index (Phi) is 9.66. The topological polar surface area (TPSA) is 79.9 Å². The van der Waals surface area contributed by atoms with E-state index in [-0.39, 0.29) is 28.9 Å². The van der Waals surface area contributed by atoms with Crippen molar-refractivity contribution in [2.45, 2.75) is 63.7 Å². The fourth-order valence-corrected chi connectivity index (χ4v) is 5.38. The summed E-state index contributed by atoms with van der Waals surface area (Å²) in [5.41, 5.74) is 1.75. The first-order valence-corrected chi connectivity index (χ1v) is 16.1. The summed E-state index contributed by atoms with van der Waals surface area (Å²) in [7, 11) is -0.277. The number of methoxy groups -OCH3 is 1. The third-order valence-corrected chi connectivity index (χ3v) is 12.3. The maximum atomic E-state index is 13.1. The zero-order valence-electron chi connectivity index (χ0n) is 22.8. The molecule has 37 heavy (non-hydrogen) atoms. The smallest absolute Gasteiger partial charge is 0.319 e. The predicted octanol–water partition coefficient (Wildman–Crippen LogP) is 6.27. The zero-order valence-corrected chi connectivity index (χ0v) is 24.5. The van der Waals surface area contributed by atoms with Gasteiger partial charge in [0.15, 0.2) is 8.32 Å². The molecule has 0 spiro atoms. The summed E-state index contributed by atoms with van der Waals surface area (Å²) in [6.45, 7) is 12.4. The van der Waals surface area contributed by atoms with E-state index in [1.807, 2.05) is 29.2 Å². The molecule has 1 aliphatic heterocycles. The molecule has 7 nitrogen and oxygen atoms in total. The molecule has 0 saturated carbocycles. The van der Waals surface area contributed by atoms with Crippen molar-refractivity contribution in [2.75, 3.05) is 32.1 Å². The molecule has 1 aliphatic rings. The van der Waals surface area contributed by atoms with Gasteiger partial charge in [-0.3, -0.25) is 4.79 Å². The van der Waals surface area contributed by atoms with Crippen molar-refractivity contribution in [3.63, 3.8) is 0 Å². The van der Waals surface area contributed by atoms with Crippen LogP contribution >= 0.6 is 11.6 Å². The van der Waals surface area contributed by atoms with Crippen molar-refractivity contribution in [3.05, 3.63) is 59.1 Å². The van der Waals surface area contributed by atoms with E-state index in [9.17, 15) is 9.59 Å². The van der Waals surface area contributed by atoms with Gasteiger partial charge in [-0.05, 0) is 66.5 Å². The molecule has 0 aromatic heterocycles. The number of carbonyl (C=O) groups excluding carboxylic acids is 2. The molecule has 0 aliphatic carbocycles. The number of likely N-dealkylation sites (tertiary alicyclic amines) is 1. The number of piperidine rings is 1. The molecular formula is C28H40ClN3O4Si. The number of nitrogens with zero attached hydrogens (tertiary/aromatic N) is 1. The van der Waals surface area contributed by atoms with Crippen LogP contribution in [0.15, 0.2) is 48.5 Å². The largest absolute Gasteiger partial charge is 0.497 e. The molecular weight excluding hydrogens is 506 g/mol. The fourth-order valence-electron chi connectivity index (χ4n) is 4.21. The van der Waals surface area contributed by atoms with Crippen molar-refractivity contribution in [1.82, 2.24) is 10.2 Å². The quantitative estimate of drug-likeness (QED) is 0.383. The van der Waals surface area contributed by atoms with E-state index >= 15 is 0 Å². The van der Waals surface area contributed by atoms with Gasteiger partial charge in [0.1, 0.15) is 5.75 Å². The number of hydrogen-bond donors (Lipinski definition) is 2. The highest BCUT2D eigenvalue weighted by molar-refractivity contribution is 6.74. The highest BCUT2D eigenvalue weighted by Crippen LogP contribution is 2.36. The highest BCUT2D eigenvalue weighted by atomic mass is 35.5. The Bertz CT molecular complexity index is 1050. The number of nitrogens with one attached hydrogen (secondary N) is 2. The lowest BCUT2D eigenvalue weighted by atomic mass is 9.85. The first-order chi connectivity index (χ1) is 17.4. The Morgan fingerprint density at radius 3 is 2.32 bits per heavy atom. The van der Waals surface area contributed by atoms with Crippen LogP contribution in [0.1, 0.15) is 45.1 Å². The number of urea groups is 1. The molecule has 202 valence electrons. The Balaban J connectivity index is 1.68. The van der Waals surface area contributed by atoms with E-state index in [2.05, 4.69) is 44.5 Å². The summed E-state index contributed by atoms with van der Waals surface area (Å²) in [5.74, 6) is 0.897. The predicted molar refractivity (Wildman–Crippen MR) is 152 cm³/mol. The molecule has 2 atom stereocenters. The minimum absolute atomic E-state index is 0.0526.